The first-order chi connectivity index (χ1) is 14.1. The minimum absolute atomic E-state index is 0.0357. The fraction of sp³-hybridized carbons (Fsp3) is 0.130. The molecule has 29 heavy (non-hydrogen) atoms. The summed E-state index contributed by atoms with van der Waals surface area (Å²) in [7, 11) is 0. The van der Waals surface area contributed by atoms with Crippen molar-refractivity contribution in [3.05, 3.63) is 100 Å². The molecule has 0 saturated heterocycles. The Bertz CT molecular complexity index is 1210. The average molecular weight is 403 g/mol. The predicted molar refractivity (Wildman–Crippen MR) is 113 cm³/mol. The van der Waals surface area contributed by atoms with Crippen LogP contribution in [0, 0.1) is 6.92 Å². The molecule has 0 saturated carbocycles. The molecule has 2 aromatic carbocycles. The molecule has 0 radical (unpaired) electrons. The Morgan fingerprint density at radius 1 is 1.00 bits per heavy atom. The zero-order valence-corrected chi connectivity index (χ0v) is 16.7. The monoisotopic (exact) mass is 402 g/mol. The largest absolute Gasteiger partial charge is 0.328 e. The first kappa shape index (κ1) is 17.8. The number of hydrogen-bond acceptors (Lipinski definition) is 2. The molecule has 0 spiro atoms. The number of carbonyl (C=O) groups is 1. The molecule has 0 aliphatic carbocycles. The Balaban J connectivity index is 1.56. The van der Waals surface area contributed by atoms with Crippen LogP contribution in [-0.2, 0) is 13.1 Å². The van der Waals surface area contributed by atoms with Crippen LogP contribution >= 0.6 is 11.6 Å². The van der Waals surface area contributed by atoms with Gasteiger partial charge < -0.3 is 9.47 Å². The third kappa shape index (κ3) is 3.04. The maximum atomic E-state index is 13.0. The molecule has 6 heteroatoms. The molecule has 5 nitrogen and oxygen atoms in total. The standard InChI is InChI=1S/C23H19ClN4O/c1-16-7-2-3-10-21(16)28-22(26-11-4-5-12-26)19-14-27(15-20(19)25-28)23(29)17-8-6-9-18(24)13-17/h2-13H,14-15H2,1H3. The molecule has 1 amide bonds. The van der Waals surface area contributed by atoms with Crippen molar-refractivity contribution in [2.45, 2.75) is 20.0 Å². The molecule has 0 N–H and O–H groups in total. The van der Waals surface area contributed by atoms with Crippen LogP contribution in [0.2, 0.25) is 5.02 Å². The van der Waals surface area contributed by atoms with Crippen molar-refractivity contribution in [1.82, 2.24) is 19.2 Å². The fourth-order valence-electron chi connectivity index (χ4n) is 3.86. The second-order valence-corrected chi connectivity index (χ2v) is 7.65. The van der Waals surface area contributed by atoms with Crippen LogP contribution < -0.4 is 0 Å². The van der Waals surface area contributed by atoms with Gasteiger partial charge in [0.25, 0.3) is 5.91 Å². The molecular weight excluding hydrogens is 384 g/mol. The number of amides is 1. The van der Waals surface area contributed by atoms with Gasteiger partial charge in [-0.1, -0.05) is 35.9 Å². The number of aromatic nitrogens is 3. The highest BCUT2D eigenvalue weighted by atomic mass is 35.5. The van der Waals surface area contributed by atoms with Gasteiger partial charge in [0.1, 0.15) is 5.82 Å². The summed E-state index contributed by atoms with van der Waals surface area (Å²) in [5.74, 6) is 0.937. The van der Waals surface area contributed by atoms with E-state index in [9.17, 15) is 4.79 Å². The summed E-state index contributed by atoms with van der Waals surface area (Å²) in [6.07, 6.45) is 4.01. The SMILES string of the molecule is Cc1ccccc1-n1nc2c(c1-n1cccc1)CN(C(=O)c1cccc(Cl)c1)C2. The summed E-state index contributed by atoms with van der Waals surface area (Å²) < 4.78 is 4.05. The van der Waals surface area contributed by atoms with Gasteiger partial charge in [-0.2, -0.15) is 5.10 Å². The van der Waals surface area contributed by atoms with Crippen molar-refractivity contribution in [2.75, 3.05) is 0 Å². The number of aryl methyl sites for hydroxylation is 1. The van der Waals surface area contributed by atoms with Crippen molar-refractivity contribution in [2.24, 2.45) is 0 Å². The van der Waals surface area contributed by atoms with Crippen LogP contribution in [0.4, 0.5) is 0 Å². The molecular formula is C23H19ClN4O. The normalized spacial score (nSPS) is 13.0. The molecule has 4 aromatic rings. The van der Waals surface area contributed by atoms with Gasteiger partial charge in [-0.25, -0.2) is 4.68 Å². The lowest BCUT2D eigenvalue weighted by Gasteiger charge is -2.18. The molecule has 1 aliphatic heterocycles. The second-order valence-electron chi connectivity index (χ2n) is 7.21. The van der Waals surface area contributed by atoms with E-state index in [1.54, 1.807) is 24.3 Å². The lowest BCUT2D eigenvalue weighted by molar-refractivity contribution is 0.0749. The van der Waals surface area contributed by atoms with Crippen molar-refractivity contribution in [3.63, 3.8) is 0 Å². The van der Waals surface area contributed by atoms with Gasteiger partial charge in [-0.3, -0.25) is 4.79 Å². The van der Waals surface area contributed by atoms with E-state index in [2.05, 4.69) is 23.6 Å². The molecule has 0 bridgehead atoms. The highest BCUT2D eigenvalue weighted by molar-refractivity contribution is 6.30. The number of nitrogens with zero attached hydrogens (tertiary/aromatic N) is 4. The van der Waals surface area contributed by atoms with Gasteiger partial charge >= 0.3 is 0 Å². The Kier molecular flexibility index (Phi) is 4.25. The van der Waals surface area contributed by atoms with Crippen LogP contribution in [0.15, 0.2) is 73.1 Å². The first-order valence-corrected chi connectivity index (χ1v) is 9.84. The molecule has 144 valence electrons. The molecule has 5 rings (SSSR count). The number of carbonyl (C=O) groups excluding carboxylic acids is 1. The van der Waals surface area contributed by atoms with Gasteiger partial charge in [0, 0.05) is 28.5 Å². The van der Waals surface area contributed by atoms with Gasteiger partial charge in [0.05, 0.1) is 24.5 Å². The number of rotatable bonds is 3. The minimum atomic E-state index is -0.0357. The molecule has 3 heterocycles. The van der Waals surface area contributed by atoms with E-state index in [0.717, 1.165) is 28.3 Å². The topological polar surface area (TPSA) is 43.1 Å². The summed E-state index contributed by atoms with van der Waals surface area (Å²) in [5, 5.41) is 5.46. The highest BCUT2D eigenvalue weighted by Gasteiger charge is 2.32. The third-order valence-electron chi connectivity index (χ3n) is 5.28. The number of hydrogen-bond donors (Lipinski definition) is 0. The highest BCUT2D eigenvalue weighted by Crippen LogP contribution is 2.32. The Morgan fingerprint density at radius 2 is 1.79 bits per heavy atom. The number of para-hydroxylation sites is 1. The van der Waals surface area contributed by atoms with E-state index < -0.39 is 0 Å². The zero-order chi connectivity index (χ0) is 20.0. The van der Waals surface area contributed by atoms with Gasteiger partial charge in [-0.15, -0.1) is 0 Å². The zero-order valence-electron chi connectivity index (χ0n) is 15.9. The number of fused-ring (bicyclic) bond motifs is 1. The van der Waals surface area contributed by atoms with Crippen LogP contribution in [-0.4, -0.2) is 25.2 Å². The molecule has 2 aromatic heterocycles. The van der Waals surface area contributed by atoms with Crippen LogP contribution in [0.3, 0.4) is 0 Å². The molecule has 0 fully saturated rings. The number of halogens is 1. The van der Waals surface area contributed by atoms with Crippen LogP contribution in [0.5, 0.6) is 0 Å². The average Bonchev–Trinajstić information content (AvgIpc) is 3.43. The summed E-state index contributed by atoms with van der Waals surface area (Å²) in [6, 6.07) is 19.3. The molecule has 0 unspecified atom stereocenters. The van der Waals surface area contributed by atoms with Crippen molar-refractivity contribution in [1.29, 1.82) is 0 Å². The lowest BCUT2D eigenvalue weighted by Crippen LogP contribution is -2.26. The first-order valence-electron chi connectivity index (χ1n) is 9.47. The van der Waals surface area contributed by atoms with E-state index in [4.69, 9.17) is 16.7 Å². The quantitative estimate of drug-likeness (QED) is 0.495. The van der Waals surface area contributed by atoms with E-state index >= 15 is 0 Å². The molecule has 0 atom stereocenters. The van der Waals surface area contributed by atoms with Crippen LogP contribution in [0.1, 0.15) is 27.2 Å². The Morgan fingerprint density at radius 3 is 2.55 bits per heavy atom. The summed E-state index contributed by atoms with van der Waals surface area (Å²) in [6.45, 7) is 3.07. The summed E-state index contributed by atoms with van der Waals surface area (Å²) in [5.41, 5.74) is 4.77. The Labute approximate surface area is 173 Å². The van der Waals surface area contributed by atoms with Crippen LogP contribution in [0.25, 0.3) is 11.5 Å². The van der Waals surface area contributed by atoms with Gasteiger partial charge in [0.15, 0.2) is 0 Å². The maximum Gasteiger partial charge on any atom is 0.254 e. The summed E-state index contributed by atoms with van der Waals surface area (Å²) in [4.78, 5) is 14.8. The van der Waals surface area contributed by atoms with E-state index in [-0.39, 0.29) is 5.91 Å². The van der Waals surface area contributed by atoms with Gasteiger partial charge in [-0.05, 0) is 48.9 Å². The molecule has 1 aliphatic rings. The predicted octanol–water partition coefficient (Wildman–Crippen LogP) is 4.78. The Hall–Kier alpha value is -3.31. The van der Waals surface area contributed by atoms with Crippen molar-refractivity contribution < 1.29 is 4.79 Å². The fourth-order valence-corrected chi connectivity index (χ4v) is 4.05. The van der Waals surface area contributed by atoms with E-state index in [1.807, 2.05) is 46.2 Å². The maximum absolute atomic E-state index is 13.0. The second kappa shape index (κ2) is 6.94. The minimum Gasteiger partial charge on any atom is -0.328 e. The van der Waals surface area contributed by atoms with E-state index in [0.29, 0.717) is 23.7 Å². The van der Waals surface area contributed by atoms with Crippen molar-refractivity contribution in [3.8, 4) is 11.5 Å². The lowest BCUT2D eigenvalue weighted by atomic mass is 10.2. The van der Waals surface area contributed by atoms with Crippen molar-refractivity contribution >= 4 is 17.5 Å². The number of benzene rings is 2. The summed E-state index contributed by atoms with van der Waals surface area (Å²) >= 11 is 6.07. The smallest absolute Gasteiger partial charge is 0.254 e. The third-order valence-corrected chi connectivity index (χ3v) is 5.52. The van der Waals surface area contributed by atoms with Gasteiger partial charge in [0.2, 0.25) is 0 Å². The van der Waals surface area contributed by atoms with E-state index in [1.165, 1.54) is 0 Å².